The summed E-state index contributed by atoms with van der Waals surface area (Å²) in [6.45, 7) is 0. The molecule has 1 saturated heterocycles. The van der Waals surface area contributed by atoms with Crippen LogP contribution in [0.2, 0.25) is 0 Å². The molecule has 1 fully saturated rings. The Kier molecular flexibility index (Phi) is 4.58. The summed E-state index contributed by atoms with van der Waals surface area (Å²) in [5.41, 5.74) is 1.51. The lowest BCUT2D eigenvalue weighted by molar-refractivity contribution is -0.155. The molecule has 7 nitrogen and oxygen atoms in total. The first-order chi connectivity index (χ1) is 13.6. The highest BCUT2D eigenvalue weighted by atomic mass is 16.6. The predicted octanol–water partition coefficient (Wildman–Crippen LogP) is 2.84. The van der Waals surface area contributed by atoms with Gasteiger partial charge in [0.1, 0.15) is 29.5 Å². The third kappa shape index (κ3) is 2.83. The maximum Gasteiger partial charge on any atom is 0.321 e. The summed E-state index contributed by atoms with van der Waals surface area (Å²) < 4.78 is 27.2. The first-order valence-corrected chi connectivity index (χ1v) is 8.84. The average molecular weight is 384 g/mol. The fourth-order valence-corrected chi connectivity index (χ4v) is 3.87. The maximum absolute atomic E-state index is 12.5. The fraction of sp³-hybridized carbons (Fsp3) is 0.333. The number of carbonyl (C=O) groups is 2. The number of fused-ring (bicyclic) bond motifs is 3. The summed E-state index contributed by atoms with van der Waals surface area (Å²) in [5, 5.41) is 0. The van der Waals surface area contributed by atoms with Crippen LogP contribution >= 0.6 is 0 Å². The van der Waals surface area contributed by atoms with Crippen LogP contribution in [0.4, 0.5) is 0 Å². The lowest BCUT2D eigenvalue weighted by atomic mass is 9.78. The van der Waals surface area contributed by atoms with Crippen LogP contribution in [0.1, 0.15) is 23.3 Å². The normalized spacial score (nSPS) is 25.0. The van der Waals surface area contributed by atoms with Crippen molar-refractivity contribution in [2.24, 2.45) is 11.8 Å². The Labute approximate surface area is 162 Å². The standard InChI is InChI=1S/C21H20O7/c1-24-12-6-4-11(5-7-12)18-16-17(20(22)26-3)21(23)28-19(16)14-9-8-13(25-2)10-15(14)27-18/h4-10,16-19H,1-3H3/t16-,17-,18-,19+/m0/s1. The lowest BCUT2D eigenvalue weighted by Crippen LogP contribution is -2.35. The van der Waals surface area contributed by atoms with Crippen LogP contribution in [0.3, 0.4) is 0 Å². The van der Waals surface area contributed by atoms with Crippen LogP contribution in [0.25, 0.3) is 0 Å². The molecule has 0 aromatic heterocycles. The molecule has 2 aliphatic rings. The maximum atomic E-state index is 12.5. The highest BCUT2D eigenvalue weighted by Crippen LogP contribution is 2.54. The Bertz CT molecular complexity index is 905. The average Bonchev–Trinajstić information content (AvgIpc) is 3.09. The molecule has 28 heavy (non-hydrogen) atoms. The lowest BCUT2D eigenvalue weighted by Gasteiger charge is -2.35. The van der Waals surface area contributed by atoms with Gasteiger partial charge in [0.25, 0.3) is 0 Å². The zero-order valence-electron chi connectivity index (χ0n) is 15.7. The second-order valence-electron chi connectivity index (χ2n) is 6.65. The molecule has 0 saturated carbocycles. The van der Waals surface area contributed by atoms with E-state index in [4.69, 9.17) is 23.7 Å². The Balaban J connectivity index is 1.82. The van der Waals surface area contributed by atoms with Crippen molar-refractivity contribution < 1.29 is 33.3 Å². The third-order valence-electron chi connectivity index (χ3n) is 5.26. The molecular formula is C21H20O7. The SMILES string of the molecule is COC(=O)[C@H]1C(=O)O[C@@H]2c3ccc(OC)cc3O[C@@H](c3ccc(OC)cc3)[C@H]12. The molecule has 2 aliphatic heterocycles. The largest absolute Gasteiger partial charge is 0.497 e. The Morgan fingerprint density at radius 3 is 2.21 bits per heavy atom. The van der Waals surface area contributed by atoms with E-state index in [9.17, 15) is 9.59 Å². The Morgan fingerprint density at radius 2 is 1.57 bits per heavy atom. The van der Waals surface area contributed by atoms with Crippen molar-refractivity contribution in [2.45, 2.75) is 12.2 Å². The van der Waals surface area contributed by atoms with Gasteiger partial charge >= 0.3 is 11.9 Å². The third-order valence-corrected chi connectivity index (χ3v) is 5.26. The van der Waals surface area contributed by atoms with E-state index in [1.165, 1.54) is 7.11 Å². The number of hydrogen-bond donors (Lipinski definition) is 0. The molecule has 2 heterocycles. The molecule has 2 aromatic rings. The van der Waals surface area contributed by atoms with Crippen molar-refractivity contribution in [2.75, 3.05) is 21.3 Å². The molecule has 4 atom stereocenters. The number of methoxy groups -OCH3 is 3. The molecule has 0 N–H and O–H groups in total. The minimum absolute atomic E-state index is 0.547. The van der Waals surface area contributed by atoms with Gasteiger partial charge < -0.3 is 23.7 Å². The van der Waals surface area contributed by atoms with Crippen LogP contribution in [0.15, 0.2) is 42.5 Å². The molecule has 0 bridgehead atoms. The van der Waals surface area contributed by atoms with Crippen molar-refractivity contribution in [1.29, 1.82) is 0 Å². The van der Waals surface area contributed by atoms with Crippen LogP contribution < -0.4 is 14.2 Å². The number of carbonyl (C=O) groups excluding carboxylic acids is 2. The summed E-state index contributed by atoms with van der Waals surface area (Å²) >= 11 is 0. The second kappa shape index (κ2) is 7.07. The first kappa shape index (κ1) is 18.2. The van der Waals surface area contributed by atoms with Crippen LogP contribution in [-0.4, -0.2) is 33.3 Å². The number of rotatable bonds is 4. The van der Waals surface area contributed by atoms with Crippen LogP contribution in [0, 0.1) is 11.8 Å². The molecule has 0 aliphatic carbocycles. The van der Waals surface area contributed by atoms with Gasteiger partial charge in [0.2, 0.25) is 0 Å². The Morgan fingerprint density at radius 1 is 0.893 bits per heavy atom. The van der Waals surface area contributed by atoms with E-state index in [2.05, 4.69) is 0 Å². The second-order valence-corrected chi connectivity index (χ2v) is 6.65. The summed E-state index contributed by atoms with van der Waals surface area (Å²) in [7, 11) is 4.41. The highest BCUT2D eigenvalue weighted by molar-refractivity contribution is 5.97. The summed E-state index contributed by atoms with van der Waals surface area (Å²) in [6.07, 6.45) is -1.19. The van der Waals surface area contributed by atoms with Crippen molar-refractivity contribution in [3.8, 4) is 17.2 Å². The molecule has 0 radical (unpaired) electrons. The van der Waals surface area contributed by atoms with E-state index in [0.717, 1.165) is 5.56 Å². The minimum atomic E-state index is -1.06. The van der Waals surface area contributed by atoms with Gasteiger partial charge in [-0.2, -0.15) is 0 Å². The van der Waals surface area contributed by atoms with E-state index in [1.54, 1.807) is 44.6 Å². The highest BCUT2D eigenvalue weighted by Gasteiger charge is 2.57. The topological polar surface area (TPSA) is 80.3 Å². The number of hydrogen-bond acceptors (Lipinski definition) is 7. The first-order valence-electron chi connectivity index (χ1n) is 8.84. The molecule has 0 spiro atoms. The molecule has 4 rings (SSSR count). The number of esters is 2. The van der Waals surface area contributed by atoms with Gasteiger partial charge in [-0.3, -0.25) is 9.59 Å². The minimum Gasteiger partial charge on any atom is -0.497 e. The molecule has 0 amide bonds. The van der Waals surface area contributed by atoms with Gasteiger partial charge in [-0.1, -0.05) is 12.1 Å². The van der Waals surface area contributed by atoms with Gasteiger partial charge in [-0.25, -0.2) is 0 Å². The molecule has 7 heteroatoms. The Hall–Kier alpha value is -3.22. The summed E-state index contributed by atoms with van der Waals surface area (Å²) in [4.78, 5) is 24.9. The molecule has 146 valence electrons. The van der Waals surface area contributed by atoms with Gasteiger partial charge in [0.05, 0.1) is 27.2 Å². The van der Waals surface area contributed by atoms with Gasteiger partial charge in [0.15, 0.2) is 5.92 Å². The monoisotopic (exact) mass is 384 g/mol. The zero-order valence-corrected chi connectivity index (χ0v) is 15.7. The molecule has 2 aromatic carbocycles. The quantitative estimate of drug-likeness (QED) is 0.592. The molecule has 0 unspecified atom stereocenters. The van der Waals surface area contributed by atoms with Crippen molar-refractivity contribution in [3.05, 3.63) is 53.6 Å². The van der Waals surface area contributed by atoms with Crippen molar-refractivity contribution in [1.82, 2.24) is 0 Å². The van der Waals surface area contributed by atoms with Crippen molar-refractivity contribution in [3.63, 3.8) is 0 Å². The van der Waals surface area contributed by atoms with Gasteiger partial charge in [-0.05, 0) is 29.8 Å². The van der Waals surface area contributed by atoms with Crippen LogP contribution in [0.5, 0.6) is 17.2 Å². The van der Waals surface area contributed by atoms with E-state index < -0.39 is 36.0 Å². The van der Waals surface area contributed by atoms with E-state index >= 15 is 0 Å². The van der Waals surface area contributed by atoms with E-state index in [1.807, 2.05) is 12.1 Å². The van der Waals surface area contributed by atoms with Crippen LogP contribution in [-0.2, 0) is 19.1 Å². The summed E-state index contributed by atoms with van der Waals surface area (Å²) in [5.74, 6) is -0.962. The van der Waals surface area contributed by atoms with E-state index in [0.29, 0.717) is 22.8 Å². The smallest absolute Gasteiger partial charge is 0.321 e. The van der Waals surface area contributed by atoms with Crippen molar-refractivity contribution >= 4 is 11.9 Å². The predicted molar refractivity (Wildman–Crippen MR) is 97.2 cm³/mol. The summed E-state index contributed by atoms with van der Waals surface area (Å²) in [6, 6.07) is 12.6. The molecular weight excluding hydrogens is 364 g/mol. The van der Waals surface area contributed by atoms with E-state index in [-0.39, 0.29) is 0 Å². The fourth-order valence-electron chi connectivity index (χ4n) is 3.87. The number of ether oxygens (including phenoxy) is 5. The van der Waals surface area contributed by atoms with Gasteiger partial charge in [-0.15, -0.1) is 0 Å². The van der Waals surface area contributed by atoms with Gasteiger partial charge in [0, 0.05) is 11.6 Å². The number of benzene rings is 2. The zero-order chi connectivity index (χ0) is 19.8.